The van der Waals surface area contributed by atoms with Crippen molar-refractivity contribution in [2.75, 3.05) is 5.73 Å². The van der Waals surface area contributed by atoms with E-state index >= 15 is 0 Å². The van der Waals surface area contributed by atoms with Crippen molar-refractivity contribution in [2.45, 2.75) is 20.0 Å². The molecule has 0 saturated carbocycles. The van der Waals surface area contributed by atoms with Gasteiger partial charge in [-0.2, -0.15) is 0 Å². The Labute approximate surface area is 99.3 Å². The fourth-order valence-corrected chi connectivity index (χ4v) is 2.04. The third kappa shape index (κ3) is 2.81. The number of nitrogens with two attached hydrogens (primary N) is 1. The standard InChI is InChI=1S/C12H15N3S/c1-9-2-3-10(6-11(9)13)7-14-8-12-15-4-5-16-12/h2-6,14H,7-8,13H2,1H3. The van der Waals surface area contributed by atoms with Crippen LogP contribution >= 0.6 is 11.3 Å². The van der Waals surface area contributed by atoms with Crippen LogP contribution in [-0.2, 0) is 13.1 Å². The van der Waals surface area contributed by atoms with Crippen LogP contribution in [0, 0.1) is 6.92 Å². The molecule has 4 heteroatoms. The average Bonchev–Trinajstić information content (AvgIpc) is 2.76. The van der Waals surface area contributed by atoms with Gasteiger partial charge in [0, 0.05) is 30.4 Å². The molecule has 0 aliphatic rings. The normalized spacial score (nSPS) is 10.6. The van der Waals surface area contributed by atoms with Crippen LogP contribution in [0.15, 0.2) is 29.8 Å². The van der Waals surface area contributed by atoms with Crippen molar-refractivity contribution in [3.05, 3.63) is 45.9 Å². The van der Waals surface area contributed by atoms with Crippen LogP contribution in [0.1, 0.15) is 16.1 Å². The number of hydrogen-bond donors (Lipinski definition) is 2. The van der Waals surface area contributed by atoms with Gasteiger partial charge in [0.15, 0.2) is 0 Å². The fourth-order valence-electron chi connectivity index (χ4n) is 1.45. The van der Waals surface area contributed by atoms with Crippen LogP contribution in [0.5, 0.6) is 0 Å². The molecule has 0 radical (unpaired) electrons. The molecule has 84 valence electrons. The highest BCUT2D eigenvalue weighted by Gasteiger charge is 1.98. The number of hydrogen-bond acceptors (Lipinski definition) is 4. The Morgan fingerprint density at radius 1 is 1.38 bits per heavy atom. The molecule has 16 heavy (non-hydrogen) atoms. The second kappa shape index (κ2) is 5.09. The maximum absolute atomic E-state index is 5.85. The van der Waals surface area contributed by atoms with E-state index in [1.165, 1.54) is 5.56 Å². The summed E-state index contributed by atoms with van der Waals surface area (Å²) in [5.41, 5.74) is 9.04. The van der Waals surface area contributed by atoms with Gasteiger partial charge in [0.1, 0.15) is 5.01 Å². The Balaban J connectivity index is 1.87. The molecule has 0 aliphatic heterocycles. The monoisotopic (exact) mass is 233 g/mol. The molecule has 0 bridgehead atoms. The third-order valence-electron chi connectivity index (χ3n) is 2.43. The molecule has 1 aromatic carbocycles. The van der Waals surface area contributed by atoms with Gasteiger partial charge < -0.3 is 11.1 Å². The van der Waals surface area contributed by atoms with Crippen molar-refractivity contribution in [3.8, 4) is 0 Å². The zero-order chi connectivity index (χ0) is 11.4. The molecule has 0 saturated heterocycles. The SMILES string of the molecule is Cc1ccc(CNCc2nccs2)cc1N. The first kappa shape index (κ1) is 11.1. The fraction of sp³-hybridized carbons (Fsp3) is 0.250. The lowest BCUT2D eigenvalue weighted by atomic mass is 10.1. The van der Waals surface area contributed by atoms with E-state index in [0.717, 1.165) is 29.3 Å². The van der Waals surface area contributed by atoms with E-state index in [1.807, 2.05) is 24.6 Å². The van der Waals surface area contributed by atoms with Crippen molar-refractivity contribution in [3.63, 3.8) is 0 Å². The second-order valence-electron chi connectivity index (χ2n) is 3.72. The Morgan fingerprint density at radius 2 is 2.25 bits per heavy atom. The molecule has 0 aliphatic carbocycles. The van der Waals surface area contributed by atoms with E-state index in [2.05, 4.69) is 22.4 Å². The quantitative estimate of drug-likeness (QED) is 0.797. The van der Waals surface area contributed by atoms with Crippen LogP contribution in [0.3, 0.4) is 0 Å². The van der Waals surface area contributed by atoms with Crippen LogP contribution in [0.25, 0.3) is 0 Å². The maximum atomic E-state index is 5.85. The van der Waals surface area contributed by atoms with Crippen LogP contribution in [0.4, 0.5) is 5.69 Å². The predicted octanol–water partition coefficient (Wildman–Crippen LogP) is 2.32. The average molecular weight is 233 g/mol. The highest BCUT2D eigenvalue weighted by molar-refractivity contribution is 7.09. The number of nitrogen functional groups attached to an aromatic ring is 1. The molecule has 1 aromatic heterocycles. The van der Waals surface area contributed by atoms with Crippen molar-refractivity contribution >= 4 is 17.0 Å². The first-order chi connectivity index (χ1) is 7.75. The van der Waals surface area contributed by atoms with Gasteiger partial charge in [0.25, 0.3) is 0 Å². The van der Waals surface area contributed by atoms with Gasteiger partial charge in [0.2, 0.25) is 0 Å². The molecular weight excluding hydrogens is 218 g/mol. The van der Waals surface area contributed by atoms with Crippen LogP contribution in [0.2, 0.25) is 0 Å². The number of rotatable bonds is 4. The number of benzene rings is 1. The minimum Gasteiger partial charge on any atom is -0.399 e. The summed E-state index contributed by atoms with van der Waals surface area (Å²) >= 11 is 1.67. The summed E-state index contributed by atoms with van der Waals surface area (Å²) in [7, 11) is 0. The molecule has 2 aromatic rings. The van der Waals surface area contributed by atoms with Gasteiger partial charge in [0.05, 0.1) is 0 Å². The minimum absolute atomic E-state index is 0.811. The van der Waals surface area contributed by atoms with E-state index in [9.17, 15) is 0 Å². The Morgan fingerprint density at radius 3 is 2.94 bits per heavy atom. The largest absolute Gasteiger partial charge is 0.399 e. The summed E-state index contributed by atoms with van der Waals surface area (Å²) in [6.45, 7) is 3.65. The zero-order valence-corrected chi connectivity index (χ0v) is 10.1. The van der Waals surface area contributed by atoms with Gasteiger partial charge in [-0.05, 0) is 24.1 Å². The number of aryl methyl sites for hydroxylation is 1. The van der Waals surface area contributed by atoms with Gasteiger partial charge in [-0.1, -0.05) is 12.1 Å². The van der Waals surface area contributed by atoms with E-state index in [0.29, 0.717) is 0 Å². The van der Waals surface area contributed by atoms with Crippen LogP contribution < -0.4 is 11.1 Å². The van der Waals surface area contributed by atoms with E-state index < -0.39 is 0 Å². The molecule has 2 rings (SSSR count). The molecule has 0 amide bonds. The summed E-state index contributed by atoms with van der Waals surface area (Å²) in [5, 5.41) is 6.44. The van der Waals surface area contributed by atoms with E-state index in [1.54, 1.807) is 11.3 Å². The van der Waals surface area contributed by atoms with Gasteiger partial charge >= 0.3 is 0 Å². The number of nitrogens with one attached hydrogen (secondary N) is 1. The Bertz CT molecular complexity index is 451. The molecule has 0 atom stereocenters. The number of nitrogens with zero attached hydrogens (tertiary/aromatic N) is 1. The summed E-state index contributed by atoms with van der Waals surface area (Å²) in [6, 6.07) is 6.17. The molecule has 0 unspecified atom stereocenters. The predicted molar refractivity (Wildman–Crippen MR) is 68.2 cm³/mol. The van der Waals surface area contributed by atoms with Gasteiger partial charge in [-0.25, -0.2) is 4.98 Å². The Hall–Kier alpha value is -1.39. The lowest BCUT2D eigenvalue weighted by Crippen LogP contribution is -2.12. The zero-order valence-electron chi connectivity index (χ0n) is 9.23. The number of aromatic nitrogens is 1. The van der Waals surface area contributed by atoms with Gasteiger partial charge in [-0.3, -0.25) is 0 Å². The molecule has 0 spiro atoms. The molecule has 0 fully saturated rings. The van der Waals surface area contributed by atoms with Crippen molar-refractivity contribution in [2.24, 2.45) is 0 Å². The summed E-state index contributed by atoms with van der Waals surface area (Å²) in [5.74, 6) is 0. The first-order valence-corrected chi connectivity index (χ1v) is 6.08. The topological polar surface area (TPSA) is 50.9 Å². The maximum Gasteiger partial charge on any atom is 0.106 e. The highest BCUT2D eigenvalue weighted by Crippen LogP contribution is 2.12. The van der Waals surface area contributed by atoms with Crippen LogP contribution in [-0.4, -0.2) is 4.98 Å². The van der Waals surface area contributed by atoms with E-state index in [4.69, 9.17) is 5.73 Å². The highest BCUT2D eigenvalue weighted by atomic mass is 32.1. The summed E-state index contributed by atoms with van der Waals surface area (Å²) in [6.07, 6.45) is 1.82. The summed E-state index contributed by atoms with van der Waals surface area (Å²) in [4.78, 5) is 4.21. The molecule has 3 nitrogen and oxygen atoms in total. The number of thiazole rings is 1. The van der Waals surface area contributed by atoms with Gasteiger partial charge in [-0.15, -0.1) is 11.3 Å². The molecule has 1 heterocycles. The smallest absolute Gasteiger partial charge is 0.106 e. The minimum atomic E-state index is 0.811. The third-order valence-corrected chi connectivity index (χ3v) is 3.21. The van der Waals surface area contributed by atoms with E-state index in [-0.39, 0.29) is 0 Å². The number of anilines is 1. The van der Waals surface area contributed by atoms with Crippen molar-refractivity contribution < 1.29 is 0 Å². The van der Waals surface area contributed by atoms with Crippen molar-refractivity contribution in [1.29, 1.82) is 0 Å². The summed E-state index contributed by atoms with van der Waals surface area (Å²) < 4.78 is 0. The lowest BCUT2D eigenvalue weighted by Gasteiger charge is -2.05. The Kier molecular flexibility index (Phi) is 3.54. The van der Waals surface area contributed by atoms with Crippen molar-refractivity contribution in [1.82, 2.24) is 10.3 Å². The second-order valence-corrected chi connectivity index (χ2v) is 4.70. The molecular formula is C12H15N3S. The first-order valence-electron chi connectivity index (χ1n) is 5.20. The molecule has 3 N–H and O–H groups in total. The lowest BCUT2D eigenvalue weighted by molar-refractivity contribution is 0.690.